The van der Waals surface area contributed by atoms with E-state index in [1.165, 1.54) is 12.1 Å². The van der Waals surface area contributed by atoms with Gasteiger partial charge in [-0.2, -0.15) is 4.98 Å². The third kappa shape index (κ3) is 4.32. The molecule has 0 radical (unpaired) electrons. The Morgan fingerprint density at radius 2 is 1.87 bits per heavy atom. The Morgan fingerprint density at radius 1 is 1.10 bits per heavy atom. The molecule has 2 heterocycles. The second-order valence-electron chi connectivity index (χ2n) is 6.72. The zero-order chi connectivity index (χ0) is 21.1. The molecule has 1 aromatic heterocycles. The first-order valence-corrected chi connectivity index (χ1v) is 9.14. The maximum atomic E-state index is 13.0. The summed E-state index contributed by atoms with van der Waals surface area (Å²) in [6.45, 7) is 0. The van der Waals surface area contributed by atoms with Crippen LogP contribution in [0.3, 0.4) is 0 Å². The first-order chi connectivity index (χ1) is 14.5. The molecule has 4 rings (SSSR count). The lowest BCUT2D eigenvalue weighted by atomic mass is 10.1. The normalized spacial score (nSPS) is 15.6. The van der Waals surface area contributed by atoms with Crippen LogP contribution >= 0.6 is 0 Å². The van der Waals surface area contributed by atoms with Crippen molar-refractivity contribution in [1.82, 2.24) is 20.5 Å². The number of carbonyl (C=O) groups excluding carboxylic acids is 3. The van der Waals surface area contributed by atoms with Crippen LogP contribution in [-0.2, 0) is 16.0 Å². The van der Waals surface area contributed by atoms with Crippen LogP contribution in [0.2, 0.25) is 0 Å². The summed E-state index contributed by atoms with van der Waals surface area (Å²) in [5.74, 6) is -1.28. The minimum absolute atomic E-state index is 0.0424. The molecule has 0 aliphatic carbocycles. The minimum atomic E-state index is -1.04. The van der Waals surface area contributed by atoms with Crippen molar-refractivity contribution in [3.05, 3.63) is 71.3 Å². The van der Waals surface area contributed by atoms with Crippen LogP contribution < -0.4 is 16.0 Å². The molecule has 0 saturated heterocycles. The molecule has 0 saturated carbocycles. The molecule has 4 N–H and O–H groups in total. The van der Waals surface area contributed by atoms with Crippen molar-refractivity contribution in [3.8, 4) is 0 Å². The van der Waals surface area contributed by atoms with Crippen molar-refractivity contribution in [2.75, 3.05) is 10.6 Å². The van der Waals surface area contributed by atoms with Crippen LogP contribution in [0.15, 0.2) is 48.5 Å². The van der Waals surface area contributed by atoms with Gasteiger partial charge in [-0.05, 0) is 29.8 Å². The molecule has 0 spiro atoms. The lowest BCUT2D eigenvalue weighted by Crippen LogP contribution is -2.43. The summed E-state index contributed by atoms with van der Waals surface area (Å²) in [4.78, 5) is 41.2. The van der Waals surface area contributed by atoms with Gasteiger partial charge in [0, 0.05) is 6.42 Å². The molecule has 0 bridgehead atoms. The number of aromatic amines is 1. The highest BCUT2D eigenvalue weighted by Crippen LogP contribution is 2.19. The quantitative estimate of drug-likeness (QED) is 0.510. The van der Waals surface area contributed by atoms with Crippen molar-refractivity contribution in [2.45, 2.75) is 18.9 Å². The van der Waals surface area contributed by atoms with Gasteiger partial charge in [0.15, 0.2) is 0 Å². The first-order valence-electron chi connectivity index (χ1n) is 9.14. The lowest BCUT2D eigenvalue weighted by Gasteiger charge is -2.13. The number of H-pyrrole nitrogens is 1. The predicted molar refractivity (Wildman–Crippen MR) is 105 cm³/mol. The van der Waals surface area contributed by atoms with Gasteiger partial charge in [-0.1, -0.05) is 24.3 Å². The zero-order valence-electron chi connectivity index (χ0n) is 15.6. The minimum Gasteiger partial charge on any atom is -0.340 e. The van der Waals surface area contributed by atoms with E-state index in [1.54, 1.807) is 36.4 Å². The van der Waals surface area contributed by atoms with Gasteiger partial charge < -0.3 is 10.6 Å². The largest absolute Gasteiger partial charge is 0.340 e. The summed E-state index contributed by atoms with van der Waals surface area (Å²) in [5, 5.41) is 14.3. The number of benzene rings is 2. The number of para-hydroxylation sites is 1. The second-order valence-corrected chi connectivity index (χ2v) is 6.72. The van der Waals surface area contributed by atoms with Gasteiger partial charge in [0.2, 0.25) is 17.8 Å². The maximum absolute atomic E-state index is 13.0. The van der Waals surface area contributed by atoms with E-state index in [0.717, 1.165) is 5.56 Å². The SMILES string of the molecule is O=C(C[C@H]1NC(=O)c2ccccc2NC1=O)Nc1n[nH]c(Cc2ccc(F)cc2)n1. The number of carbonyl (C=O) groups is 3. The number of halogens is 1. The van der Waals surface area contributed by atoms with Crippen molar-refractivity contribution >= 4 is 29.4 Å². The first kappa shape index (κ1) is 19.2. The van der Waals surface area contributed by atoms with Crippen LogP contribution in [-0.4, -0.2) is 38.9 Å². The lowest BCUT2D eigenvalue weighted by molar-refractivity contribution is -0.122. The molecule has 9 nitrogen and oxygen atoms in total. The molecule has 3 aromatic rings. The van der Waals surface area contributed by atoms with Gasteiger partial charge in [-0.3, -0.25) is 24.8 Å². The molecule has 1 aliphatic heterocycles. The van der Waals surface area contributed by atoms with E-state index in [1.807, 2.05) is 0 Å². The number of amides is 3. The van der Waals surface area contributed by atoms with Crippen LogP contribution in [0.5, 0.6) is 0 Å². The van der Waals surface area contributed by atoms with E-state index in [0.29, 0.717) is 23.5 Å². The standard InChI is InChI=1S/C20H17FN6O3/c21-12-7-5-11(6-8-12)9-16-24-20(27-26-16)25-17(28)10-15-19(30)22-14-4-2-1-3-13(14)18(29)23-15/h1-8,15H,9-10H2,(H,22,30)(H,23,29)(H2,24,25,26,27,28)/t15-/m1/s1. The van der Waals surface area contributed by atoms with Crippen molar-refractivity contribution in [3.63, 3.8) is 0 Å². The maximum Gasteiger partial charge on any atom is 0.254 e. The van der Waals surface area contributed by atoms with E-state index < -0.39 is 23.8 Å². The average Bonchev–Trinajstić information content (AvgIpc) is 3.11. The molecule has 152 valence electrons. The third-order valence-electron chi connectivity index (χ3n) is 4.51. The topological polar surface area (TPSA) is 129 Å². The molecular weight excluding hydrogens is 391 g/mol. The van der Waals surface area contributed by atoms with Gasteiger partial charge in [0.1, 0.15) is 17.7 Å². The van der Waals surface area contributed by atoms with E-state index in [9.17, 15) is 18.8 Å². The van der Waals surface area contributed by atoms with Crippen LogP contribution in [0.1, 0.15) is 28.2 Å². The predicted octanol–water partition coefficient (Wildman–Crippen LogP) is 1.61. The number of anilines is 2. The highest BCUT2D eigenvalue weighted by molar-refractivity contribution is 6.11. The molecule has 0 unspecified atom stereocenters. The third-order valence-corrected chi connectivity index (χ3v) is 4.51. The summed E-state index contributed by atoms with van der Waals surface area (Å²) in [6.07, 6.45) is 0.0931. The number of aromatic nitrogens is 3. The average molecular weight is 408 g/mol. The Bertz CT molecular complexity index is 1110. The Morgan fingerprint density at radius 3 is 2.67 bits per heavy atom. The summed E-state index contributed by atoms with van der Waals surface area (Å²) in [5.41, 5.74) is 1.54. The van der Waals surface area contributed by atoms with Gasteiger partial charge in [-0.25, -0.2) is 4.39 Å². The second kappa shape index (κ2) is 8.11. The molecule has 3 amide bonds. The van der Waals surface area contributed by atoms with Gasteiger partial charge in [0.25, 0.3) is 5.91 Å². The Hall–Kier alpha value is -4.08. The summed E-state index contributed by atoms with van der Waals surface area (Å²) >= 11 is 0. The van der Waals surface area contributed by atoms with Crippen LogP contribution in [0, 0.1) is 5.82 Å². The molecule has 1 atom stereocenters. The van der Waals surface area contributed by atoms with Crippen molar-refractivity contribution in [2.24, 2.45) is 0 Å². The fourth-order valence-electron chi connectivity index (χ4n) is 3.04. The highest BCUT2D eigenvalue weighted by Gasteiger charge is 2.29. The van der Waals surface area contributed by atoms with Crippen molar-refractivity contribution in [1.29, 1.82) is 0 Å². The number of nitrogens with zero attached hydrogens (tertiary/aromatic N) is 2. The van der Waals surface area contributed by atoms with Crippen LogP contribution in [0.25, 0.3) is 0 Å². The highest BCUT2D eigenvalue weighted by atomic mass is 19.1. The number of hydrogen-bond acceptors (Lipinski definition) is 5. The van der Waals surface area contributed by atoms with E-state index in [4.69, 9.17) is 0 Å². The summed E-state index contributed by atoms with van der Waals surface area (Å²) in [6, 6.07) is 11.5. The molecule has 0 fully saturated rings. The molecule has 1 aliphatic rings. The molecular formula is C20H17FN6O3. The summed E-state index contributed by atoms with van der Waals surface area (Å²) in [7, 11) is 0. The molecule has 2 aromatic carbocycles. The Balaban J connectivity index is 1.37. The zero-order valence-corrected chi connectivity index (χ0v) is 15.6. The molecule has 10 heteroatoms. The van der Waals surface area contributed by atoms with Gasteiger partial charge in [0.05, 0.1) is 17.7 Å². The number of hydrogen-bond donors (Lipinski definition) is 4. The monoisotopic (exact) mass is 408 g/mol. The van der Waals surface area contributed by atoms with E-state index in [-0.39, 0.29) is 18.2 Å². The van der Waals surface area contributed by atoms with E-state index in [2.05, 4.69) is 31.1 Å². The summed E-state index contributed by atoms with van der Waals surface area (Å²) < 4.78 is 13.0. The van der Waals surface area contributed by atoms with Gasteiger partial charge in [-0.15, -0.1) is 5.10 Å². The Kier molecular flexibility index (Phi) is 5.21. The fraction of sp³-hybridized carbons (Fsp3) is 0.150. The number of fused-ring (bicyclic) bond motifs is 1. The fourth-order valence-corrected chi connectivity index (χ4v) is 3.04. The Labute approximate surface area is 170 Å². The molecule has 30 heavy (non-hydrogen) atoms. The number of rotatable bonds is 5. The van der Waals surface area contributed by atoms with E-state index >= 15 is 0 Å². The smallest absolute Gasteiger partial charge is 0.254 e. The van der Waals surface area contributed by atoms with Gasteiger partial charge >= 0.3 is 0 Å². The van der Waals surface area contributed by atoms with Crippen molar-refractivity contribution < 1.29 is 18.8 Å². The number of nitrogens with one attached hydrogen (secondary N) is 4. The van der Waals surface area contributed by atoms with Crippen LogP contribution in [0.4, 0.5) is 16.0 Å².